The lowest BCUT2D eigenvalue weighted by Crippen LogP contribution is -2.45. The van der Waals surface area contributed by atoms with E-state index in [1.165, 1.54) is 35.4 Å². The van der Waals surface area contributed by atoms with Crippen molar-refractivity contribution in [2.24, 2.45) is 11.7 Å². The van der Waals surface area contributed by atoms with E-state index in [0.29, 0.717) is 5.75 Å². The number of ketones is 1. The van der Waals surface area contributed by atoms with Crippen LogP contribution in [0.1, 0.15) is 79.6 Å². The molecular weight excluding hydrogens is 452 g/mol. The standard InChI is InChI=1S/C26H42N2O5S/c1-18(2)8-6-9-19(3)10-7-11-20(4)14-15-34-17-23(26(32)33)28-25(31)22(16-21(5)29)12-13-24(27)30/h8,10,14,22-23H,6-7,9,11-13,15-17H2,1-5H3,(H2,27,30)(H,28,31)(H,32,33)/b19-10+,20-14+/t22?,23-/m0/s1. The zero-order chi connectivity index (χ0) is 26.1. The fourth-order valence-electron chi connectivity index (χ4n) is 3.18. The van der Waals surface area contributed by atoms with Crippen LogP contribution in [0.4, 0.5) is 0 Å². The molecule has 8 heteroatoms. The number of allylic oxidation sites excluding steroid dienone is 5. The molecule has 0 radical (unpaired) electrons. The van der Waals surface area contributed by atoms with Gasteiger partial charge in [-0.3, -0.25) is 9.59 Å². The van der Waals surface area contributed by atoms with E-state index < -0.39 is 29.7 Å². The van der Waals surface area contributed by atoms with E-state index in [9.17, 15) is 24.3 Å². The maximum absolute atomic E-state index is 12.5. The largest absolute Gasteiger partial charge is 0.480 e. The Balaban J connectivity index is 4.59. The number of carbonyl (C=O) groups is 4. The molecule has 0 saturated carbocycles. The van der Waals surface area contributed by atoms with Crippen LogP contribution >= 0.6 is 11.8 Å². The molecule has 4 N–H and O–H groups in total. The van der Waals surface area contributed by atoms with Gasteiger partial charge in [-0.25, -0.2) is 4.79 Å². The number of rotatable bonds is 18. The van der Waals surface area contributed by atoms with Crippen molar-refractivity contribution >= 4 is 35.3 Å². The number of carbonyl (C=O) groups excluding carboxylic acids is 3. The van der Waals surface area contributed by atoms with E-state index in [1.54, 1.807) is 0 Å². The Morgan fingerprint density at radius 2 is 1.50 bits per heavy atom. The zero-order valence-electron chi connectivity index (χ0n) is 21.3. The Labute approximate surface area is 208 Å². The van der Waals surface area contributed by atoms with Crippen molar-refractivity contribution in [1.82, 2.24) is 5.32 Å². The number of nitrogens with one attached hydrogen (secondary N) is 1. The third-order valence-corrected chi connectivity index (χ3v) is 6.19. The van der Waals surface area contributed by atoms with Crippen molar-refractivity contribution in [3.63, 3.8) is 0 Å². The number of hydrogen-bond donors (Lipinski definition) is 3. The highest BCUT2D eigenvalue weighted by Gasteiger charge is 2.26. The first-order valence-corrected chi connectivity index (χ1v) is 12.9. The van der Waals surface area contributed by atoms with Crippen LogP contribution in [0.25, 0.3) is 0 Å². The second-order valence-electron chi connectivity index (χ2n) is 9.00. The van der Waals surface area contributed by atoms with E-state index in [-0.39, 0.29) is 30.8 Å². The van der Waals surface area contributed by atoms with Gasteiger partial charge in [0.15, 0.2) is 0 Å². The minimum absolute atomic E-state index is 0.0356. The molecule has 0 aliphatic carbocycles. The van der Waals surface area contributed by atoms with Crippen LogP contribution in [0.3, 0.4) is 0 Å². The fourth-order valence-corrected chi connectivity index (χ4v) is 4.18. The second kappa shape index (κ2) is 18.0. The van der Waals surface area contributed by atoms with Gasteiger partial charge in [-0.2, -0.15) is 11.8 Å². The smallest absolute Gasteiger partial charge is 0.327 e. The van der Waals surface area contributed by atoms with E-state index in [0.717, 1.165) is 25.7 Å². The highest BCUT2D eigenvalue weighted by molar-refractivity contribution is 7.99. The third kappa shape index (κ3) is 17.2. The Morgan fingerprint density at radius 1 is 0.912 bits per heavy atom. The molecule has 0 fully saturated rings. The Kier molecular flexibility index (Phi) is 16.8. The zero-order valence-corrected chi connectivity index (χ0v) is 22.1. The maximum Gasteiger partial charge on any atom is 0.327 e. The average molecular weight is 495 g/mol. The number of hydrogen-bond acceptors (Lipinski definition) is 5. The summed E-state index contributed by atoms with van der Waals surface area (Å²) < 4.78 is 0. The number of Topliss-reactive ketones (excluding diaryl/α,β-unsaturated/α-hetero) is 1. The van der Waals surface area contributed by atoms with Crippen molar-refractivity contribution in [3.8, 4) is 0 Å². The predicted octanol–water partition coefficient (Wildman–Crippen LogP) is 4.57. The lowest BCUT2D eigenvalue weighted by molar-refractivity contribution is -0.142. The summed E-state index contributed by atoms with van der Waals surface area (Å²) in [6, 6.07) is -1.07. The number of amides is 2. The maximum atomic E-state index is 12.5. The van der Waals surface area contributed by atoms with Gasteiger partial charge >= 0.3 is 5.97 Å². The fraction of sp³-hybridized carbons (Fsp3) is 0.615. The van der Waals surface area contributed by atoms with Gasteiger partial charge in [-0.15, -0.1) is 0 Å². The molecule has 0 saturated heterocycles. The number of aliphatic carboxylic acids is 1. The van der Waals surface area contributed by atoms with Crippen molar-refractivity contribution in [3.05, 3.63) is 34.9 Å². The molecule has 0 bridgehead atoms. The van der Waals surface area contributed by atoms with E-state index in [2.05, 4.69) is 51.2 Å². The minimum Gasteiger partial charge on any atom is -0.480 e. The molecule has 192 valence electrons. The summed E-state index contributed by atoms with van der Waals surface area (Å²) in [6.07, 6.45) is 10.7. The topological polar surface area (TPSA) is 127 Å². The van der Waals surface area contributed by atoms with E-state index in [4.69, 9.17) is 5.73 Å². The number of nitrogens with two attached hydrogens (primary N) is 1. The summed E-state index contributed by atoms with van der Waals surface area (Å²) in [5, 5.41) is 12.0. The van der Waals surface area contributed by atoms with Crippen LogP contribution in [-0.2, 0) is 19.2 Å². The molecule has 34 heavy (non-hydrogen) atoms. The lowest BCUT2D eigenvalue weighted by atomic mass is 9.96. The molecule has 0 aliphatic rings. The second-order valence-corrected chi connectivity index (χ2v) is 10.1. The normalized spacial score (nSPS) is 13.7. The van der Waals surface area contributed by atoms with Crippen LogP contribution in [0.15, 0.2) is 34.9 Å². The van der Waals surface area contributed by atoms with Gasteiger partial charge in [-0.05, 0) is 66.7 Å². The molecule has 0 aromatic carbocycles. The SMILES string of the molecule is CC(=O)CC(CCC(N)=O)C(=O)N[C@@H](CSC/C=C(\C)CC/C=C(\C)CCC=C(C)C)C(=O)O. The average Bonchev–Trinajstić information content (AvgIpc) is 2.72. The molecule has 7 nitrogen and oxygen atoms in total. The van der Waals surface area contributed by atoms with Gasteiger partial charge in [0.05, 0.1) is 0 Å². The van der Waals surface area contributed by atoms with E-state index in [1.807, 2.05) is 0 Å². The molecular formula is C26H42N2O5S. The van der Waals surface area contributed by atoms with Crippen LogP contribution in [0.2, 0.25) is 0 Å². The highest BCUT2D eigenvalue weighted by atomic mass is 32.2. The summed E-state index contributed by atoms with van der Waals surface area (Å²) in [7, 11) is 0. The molecule has 0 spiro atoms. The van der Waals surface area contributed by atoms with Gasteiger partial charge in [0.2, 0.25) is 11.8 Å². The molecule has 2 amide bonds. The Bertz CT molecular complexity index is 782. The number of primary amides is 1. The molecule has 0 rings (SSSR count). The molecule has 0 heterocycles. The van der Waals surface area contributed by atoms with Gasteiger partial charge in [0, 0.05) is 30.3 Å². The van der Waals surface area contributed by atoms with Crippen LogP contribution < -0.4 is 11.1 Å². The number of carboxylic acid groups (broad SMARTS) is 1. The molecule has 2 atom stereocenters. The molecule has 0 aliphatic heterocycles. The van der Waals surface area contributed by atoms with Crippen LogP contribution in [0.5, 0.6) is 0 Å². The van der Waals surface area contributed by atoms with Crippen molar-refractivity contribution < 1.29 is 24.3 Å². The van der Waals surface area contributed by atoms with Crippen LogP contribution in [0, 0.1) is 5.92 Å². The predicted molar refractivity (Wildman–Crippen MR) is 140 cm³/mol. The van der Waals surface area contributed by atoms with E-state index >= 15 is 0 Å². The third-order valence-electron chi connectivity index (χ3n) is 5.22. The first kappa shape index (κ1) is 31.6. The molecule has 0 aromatic rings. The molecule has 0 aromatic heterocycles. The van der Waals surface area contributed by atoms with Crippen molar-refractivity contribution in [1.29, 1.82) is 0 Å². The van der Waals surface area contributed by atoms with Crippen molar-refractivity contribution in [2.45, 2.75) is 85.6 Å². The molecule has 1 unspecified atom stereocenters. The van der Waals surface area contributed by atoms with Crippen molar-refractivity contribution in [2.75, 3.05) is 11.5 Å². The first-order chi connectivity index (χ1) is 15.9. The minimum atomic E-state index is -1.13. The number of thioether (sulfide) groups is 1. The highest BCUT2D eigenvalue weighted by Crippen LogP contribution is 2.15. The first-order valence-electron chi connectivity index (χ1n) is 11.8. The quantitative estimate of drug-likeness (QED) is 0.189. The Morgan fingerprint density at radius 3 is 2.03 bits per heavy atom. The summed E-state index contributed by atoms with van der Waals surface area (Å²) >= 11 is 1.42. The summed E-state index contributed by atoms with van der Waals surface area (Å²) in [5.74, 6) is -2.36. The van der Waals surface area contributed by atoms with Gasteiger partial charge in [0.25, 0.3) is 0 Å². The van der Waals surface area contributed by atoms with Crippen LogP contribution in [-0.4, -0.2) is 46.2 Å². The van der Waals surface area contributed by atoms with Gasteiger partial charge in [-0.1, -0.05) is 34.9 Å². The summed E-state index contributed by atoms with van der Waals surface area (Å²) in [5.41, 5.74) is 9.11. The van der Waals surface area contributed by atoms with Gasteiger partial charge in [0.1, 0.15) is 11.8 Å². The Hall–Kier alpha value is -2.35. The lowest BCUT2D eigenvalue weighted by Gasteiger charge is -2.19. The van der Waals surface area contributed by atoms with Gasteiger partial charge < -0.3 is 21.0 Å². The summed E-state index contributed by atoms with van der Waals surface area (Å²) in [4.78, 5) is 46.6. The number of carboxylic acids is 1. The monoisotopic (exact) mass is 494 g/mol. The summed E-state index contributed by atoms with van der Waals surface area (Å²) in [6.45, 7) is 9.79.